The van der Waals surface area contributed by atoms with Crippen molar-refractivity contribution in [3.05, 3.63) is 61.1 Å². The highest BCUT2D eigenvalue weighted by Gasteiger charge is 2.22. The summed E-state index contributed by atoms with van der Waals surface area (Å²) >= 11 is 0. The highest BCUT2D eigenvalue weighted by atomic mass is 16.2. The molecule has 3 aromatic rings. The van der Waals surface area contributed by atoms with Crippen molar-refractivity contribution >= 4 is 12.0 Å². The topological polar surface area (TPSA) is 101 Å². The Hall–Kier alpha value is -3.49. The van der Waals surface area contributed by atoms with Crippen LogP contribution >= 0.6 is 0 Å². The van der Waals surface area contributed by atoms with Crippen LogP contribution in [0.15, 0.2) is 55.5 Å². The fourth-order valence-corrected chi connectivity index (χ4v) is 3.26. The van der Waals surface area contributed by atoms with Gasteiger partial charge in [-0.05, 0) is 36.6 Å². The molecule has 3 aromatic heterocycles. The number of rotatable bonds is 5. The van der Waals surface area contributed by atoms with E-state index in [1.165, 1.54) is 0 Å². The van der Waals surface area contributed by atoms with Crippen LogP contribution in [0.3, 0.4) is 0 Å². The largest absolute Gasteiger partial charge is 0.339 e. The number of carbonyl (C=O) groups excluding carboxylic acids is 1. The van der Waals surface area contributed by atoms with Gasteiger partial charge in [0, 0.05) is 56.7 Å². The normalized spacial score (nSPS) is 16.6. The minimum absolute atomic E-state index is 0.0662. The smallest absolute Gasteiger partial charge is 0.315 e. The molecule has 1 fully saturated rings. The summed E-state index contributed by atoms with van der Waals surface area (Å²) in [5.74, 6) is 1.47. The maximum atomic E-state index is 12.3. The van der Waals surface area contributed by atoms with Crippen LogP contribution in [-0.2, 0) is 6.54 Å². The molecule has 1 unspecified atom stereocenters. The van der Waals surface area contributed by atoms with Crippen molar-refractivity contribution in [3.8, 4) is 5.82 Å². The molecule has 9 nitrogen and oxygen atoms in total. The number of aromatic nitrogens is 5. The summed E-state index contributed by atoms with van der Waals surface area (Å²) in [5, 5.41) is 5.97. The molecule has 1 aliphatic heterocycles. The zero-order chi connectivity index (χ0) is 19.2. The number of carbonyl (C=O) groups is 1. The van der Waals surface area contributed by atoms with Gasteiger partial charge >= 0.3 is 6.03 Å². The number of hydrogen-bond donors (Lipinski definition) is 2. The second kappa shape index (κ2) is 8.47. The summed E-state index contributed by atoms with van der Waals surface area (Å²) in [6.45, 7) is 2.03. The number of urea groups is 1. The molecule has 0 aromatic carbocycles. The van der Waals surface area contributed by atoms with E-state index in [9.17, 15) is 4.79 Å². The zero-order valence-corrected chi connectivity index (χ0v) is 15.4. The lowest BCUT2D eigenvalue weighted by molar-refractivity contribution is 0.234. The lowest BCUT2D eigenvalue weighted by Gasteiger charge is -2.33. The van der Waals surface area contributed by atoms with Gasteiger partial charge in [0.1, 0.15) is 12.1 Å². The third-order valence-electron chi connectivity index (χ3n) is 4.62. The van der Waals surface area contributed by atoms with Crippen LogP contribution in [0.4, 0.5) is 10.7 Å². The van der Waals surface area contributed by atoms with E-state index in [2.05, 4.69) is 35.5 Å². The second-order valence-electron chi connectivity index (χ2n) is 6.65. The Morgan fingerprint density at radius 1 is 1.18 bits per heavy atom. The fourth-order valence-electron chi connectivity index (χ4n) is 3.26. The van der Waals surface area contributed by atoms with E-state index in [0.29, 0.717) is 19.0 Å². The Kier molecular flexibility index (Phi) is 5.41. The summed E-state index contributed by atoms with van der Waals surface area (Å²) in [6, 6.07) is 5.50. The first-order valence-electron chi connectivity index (χ1n) is 9.27. The third kappa shape index (κ3) is 4.43. The first-order chi connectivity index (χ1) is 13.8. The van der Waals surface area contributed by atoms with Crippen LogP contribution < -0.4 is 15.5 Å². The van der Waals surface area contributed by atoms with Crippen molar-refractivity contribution in [2.45, 2.75) is 25.4 Å². The zero-order valence-electron chi connectivity index (χ0n) is 15.4. The number of hydrogen-bond acceptors (Lipinski definition) is 6. The van der Waals surface area contributed by atoms with E-state index < -0.39 is 0 Å². The monoisotopic (exact) mass is 378 g/mol. The van der Waals surface area contributed by atoms with Gasteiger partial charge in [-0.1, -0.05) is 0 Å². The summed E-state index contributed by atoms with van der Waals surface area (Å²) < 4.78 is 1.83. The molecule has 0 aliphatic carbocycles. The maximum absolute atomic E-state index is 12.3. The van der Waals surface area contributed by atoms with Gasteiger partial charge in [-0.15, -0.1) is 0 Å². The molecule has 1 saturated heterocycles. The molecule has 1 atom stereocenters. The van der Waals surface area contributed by atoms with Crippen LogP contribution in [0.5, 0.6) is 0 Å². The minimum Gasteiger partial charge on any atom is -0.339 e. The Balaban J connectivity index is 1.29. The number of anilines is 1. The van der Waals surface area contributed by atoms with Crippen LogP contribution in [0.2, 0.25) is 0 Å². The van der Waals surface area contributed by atoms with Gasteiger partial charge in [0.25, 0.3) is 0 Å². The molecule has 0 bridgehead atoms. The Morgan fingerprint density at radius 2 is 2.07 bits per heavy atom. The van der Waals surface area contributed by atoms with Crippen LogP contribution in [0.25, 0.3) is 5.82 Å². The number of amides is 2. The quantitative estimate of drug-likeness (QED) is 0.698. The number of pyridine rings is 1. The van der Waals surface area contributed by atoms with Crippen molar-refractivity contribution in [1.82, 2.24) is 35.1 Å². The van der Waals surface area contributed by atoms with Gasteiger partial charge in [0.05, 0.1) is 0 Å². The molecule has 0 saturated carbocycles. The Morgan fingerprint density at radius 3 is 2.89 bits per heavy atom. The van der Waals surface area contributed by atoms with Crippen LogP contribution in [0, 0.1) is 0 Å². The second-order valence-corrected chi connectivity index (χ2v) is 6.65. The molecule has 1 aliphatic rings. The van der Waals surface area contributed by atoms with Gasteiger partial charge < -0.3 is 15.5 Å². The Bertz CT molecular complexity index is 899. The number of piperidine rings is 1. The molecular weight excluding hydrogens is 356 g/mol. The highest BCUT2D eigenvalue weighted by molar-refractivity contribution is 5.74. The predicted molar refractivity (Wildman–Crippen MR) is 104 cm³/mol. The molecule has 4 heterocycles. The van der Waals surface area contributed by atoms with Gasteiger partial charge in [-0.25, -0.2) is 24.7 Å². The molecule has 144 valence electrons. The van der Waals surface area contributed by atoms with E-state index in [4.69, 9.17) is 0 Å². The van der Waals surface area contributed by atoms with Crippen LogP contribution in [-0.4, -0.2) is 49.7 Å². The number of imidazole rings is 1. The van der Waals surface area contributed by atoms with Crippen molar-refractivity contribution < 1.29 is 4.79 Å². The SMILES string of the molecule is O=C(NCc1ccnc(-n2ccnc2)c1)NC1CCCN(c2ncccn2)C1. The van der Waals surface area contributed by atoms with Gasteiger partial charge in [0.15, 0.2) is 0 Å². The fraction of sp³-hybridized carbons (Fsp3) is 0.316. The predicted octanol–water partition coefficient (Wildman–Crippen LogP) is 1.53. The van der Waals surface area contributed by atoms with E-state index in [0.717, 1.165) is 30.8 Å². The van der Waals surface area contributed by atoms with Gasteiger partial charge in [0.2, 0.25) is 5.95 Å². The average molecular weight is 378 g/mol. The third-order valence-corrected chi connectivity index (χ3v) is 4.62. The first kappa shape index (κ1) is 17.9. The minimum atomic E-state index is -0.179. The molecule has 0 spiro atoms. The van der Waals surface area contributed by atoms with Crippen molar-refractivity contribution in [2.75, 3.05) is 18.0 Å². The standard InChI is InChI=1S/C19H22N8O/c28-19(24-12-15-4-7-21-17(11-15)27-10-8-20-14-27)25-16-3-1-9-26(13-16)18-22-5-2-6-23-18/h2,4-8,10-11,14,16H,1,3,9,12-13H2,(H2,24,25,28). The maximum Gasteiger partial charge on any atom is 0.315 e. The molecule has 28 heavy (non-hydrogen) atoms. The van der Waals surface area contributed by atoms with Gasteiger partial charge in [-0.2, -0.15) is 0 Å². The highest BCUT2D eigenvalue weighted by Crippen LogP contribution is 2.15. The summed E-state index contributed by atoms with van der Waals surface area (Å²) in [6.07, 6.45) is 12.3. The molecular formula is C19H22N8O. The lowest BCUT2D eigenvalue weighted by Crippen LogP contribution is -2.50. The molecule has 2 amide bonds. The Labute approximate surface area is 162 Å². The van der Waals surface area contributed by atoms with E-state index >= 15 is 0 Å². The van der Waals surface area contributed by atoms with Crippen LogP contribution in [0.1, 0.15) is 18.4 Å². The van der Waals surface area contributed by atoms with E-state index in [-0.39, 0.29) is 12.1 Å². The van der Waals surface area contributed by atoms with E-state index in [1.54, 1.807) is 37.2 Å². The van der Waals surface area contributed by atoms with E-state index in [1.807, 2.05) is 22.9 Å². The summed E-state index contributed by atoms with van der Waals surface area (Å²) in [4.78, 5) is 31.4. The van der Waals surface area contributed by atoms with Crippen molar-refractivity contribution in [1.29, 1.82) is 0 Å². The van der Waals surface area contributed by atoms with Gasteiger partial charge in [-0.3, -0.25) is 4.57 Å². The number of nitrogens with one attached hydrogen (secondary N) is 2. The van der Waals surface area contributed by atoms with Crippen molar-refractivity contribution in [3.63, 3.8) is 0 Å². The lowest BCUT2D eigenvalue weighted by atomic mass is 10.1. The number of nitrogens with zero attached hydrogens (tertiary/aromatic N) is 6. The molecule has 0 radical (unpaired) electrons. The molecule has 2 N–H and O–H groups in total. The first-order valence-corrected chi connectivity index (χ1v) is 9.27. The van der Waals surface area contributed by atoms with Crippen molar-refractivity contribution in [2.24, 2.45) is 0 Å². The average Bonchev–Trinajstić information content (AvgIpc) is 3.28. The molecule has 9 heteroatoms. The summed E-state index contributed by atoms with van der Waals surface area (Å²) in [7, 11) is 0. The molecule has 4 rings (SSSR count). The summed E-state index contributed by atoms with van der Waals surface area (Å²) in [5.41, 5.74) is 0.969.